The van der Waals surface area contributed by atoms with Crippen molar-refractivity contribution in [3.8, 4) is 0 Å². The lowest BCUT2D eigenvalue weighted by atomic mass is 9.99. The molecule has 0 unspecified atom stereocenters. The van der Waals surface area contributed by atoms with Crippen molar-refractivity contribution in [1.29, 1.82) is 0 Å². The molecule has 0 heterocycles. The first-order chi connectivity index (χ1) is 6.37. The molecule has 0 aromatic heterocycles. The molecule has 0 fully saturated rings. The van der Waals surface area contributed by atoms with E-state index in [9.17, 15) is 10.1 Å². The van der Waals surface area contributed by atoms with Crippen LogP contribution in [0.25, 0.3) is 0 Å². The molecule has 0 N–H and O–H groups in total. The molecule has 1 rings (SSSR count). The van der Waals surface area contributed by atoms with Crippen molar-refractivity contribution in [2.45, 2.75) is 27.7 Å². The Hall–Kier alpha value is -1.09. The SMILES string of the molecule is Cc1c(C)c([N+](=O)[O-])c(C)c(C)c1Cl. The van der Waals surface area contributed by atoms with Gasteiger partial charge in [-0.05, 0) is 38.8 Å². The van der Waals surface area contributed by atoms with Crippen LogP contribution in [0.4, 0.5) is 5.69 Å². The highest BCUT2D eigenvalue weighted by molar-refractivity contribution is 6.32. The van der Waals surface area contributed by atoms with Gasteiger partial charge in [-0.3, -0.25) is 10.1 Å². The summed E-state index contributed by atoms with van der Waals surface area (Å²) in [5.74, 6) is 0. The predicted molar refractivity (Wildman–Crippen MR) is 57.1 cm³/mol. The lowest BCUT2D eigenvalue weighted by Gasteiger charge is -2.10. The van der Waals surface area contributed by atoms with Gasteiger partial charge in [-0.15, -0.1) is 0 Å². The van der Waals surface area contributed by atoms with E-state index in [1.165, 1.54) is 0 Å². The third kappa shape index (κ3) is 1.48. The molecule has 0 bridgehead atoms. The smallest absolute Gasteiger partial charge is 0.258 e. The second-order valence-corrected chi connectivity index (χ2v) is 3.80. The van der Waals surface area contributed by atoms with E-state index in [0.717, 1.165) is 11.1 Å². The van der Waals surface area contributed by atoms with Crippen LogP contribution in [0.3, 0.4) is 0 Å². The number of rotatable bonds is 1. The maximum absolute atomic E-state index is 10.8. The number of nitro benzene ring substituents is 1. The molecule has 0 aliphatic heterocycles. The third-order valence-electron chi connectivity index (χ3n) is 2.68. The molecular weight excluding hydrogens is 202 g/mol. The van der Waals surface area contributed by atoms with E-state index in [-0.39, 0.29) is 10.6 Å². The van der Waals surface area contributed by atoms with Crippen LogP contribution in [-0.2, 0) is 0 Å². The molecule has 4 heteroatoms. The summed E-state index contributed by atoms with van der Waals surface area (Å²) in [7, 11) is 0. The molecule has 3 nitrogen and oxygen atoms in total. The summed E-state index contributed by atoms with van der Waals surface area (Å²) < 4.78 is 0. The van der Waals surface area contributed by atoms with E-state index in [0.29, 0.717) is 16.1 Å². The fourth-order valence-corrected chi connectivity index (χ4v) is 1.80. The van der Waals surface area contributed by atoms with Gasteiger partial charge in [-0.25, -0.2) is 0 Å². The lowest BCUT2D eigenvalue weighted by molar-refractivity contribution is -0.386. The third-order valence-corrected chi connectivity index (χ3v) is 3.24. The van der Waals surface area contributed by atoms with Crippen LogP contribution in [0, 0.1) is 37.8 Å². The predicted octanol–water partition coefficient (Wildman–Crippen LogP) is 3.48. The van der Waals surface area contributed by atoms with Crippen LogP contribution in [-0.4, -0.2) is 4.92 Å². The molecule has 1 aromatic rings. The first-order valence-corrected chi connectivity index (χ1v) is 4.66. The Labute approximate surface area is 87.8 Å². The Morgan fingerprint density at radius 2 is 1.36 bits per heavy atom. The minimum absolute atomic E-state index is 0.185. The van der Waals surface area contributed by atoms with Crippen molar-refractivity contribution in [3.05, 3.63) is 37.4 Å². The average molecular weight is 214 g/mol. The molecule has 0 saturated carbocycles. The summed E-state index contributed by atoms with van der Waals surface area (Å²) in [6, 6.07) is 0. The highest BCUT2D eigenvalue weighted by atomic mass is 35.5. The highest BCUT2D eigenvalue weighted by Crippen LogP contribution is 2.34. The van der Waals surface area contributed by atoms with Gasteiger partial charge >= 0.3 is 0 Å². The highest BCUT2D eigenvalue weighted by Gasteiger charge is 2.21. The van der Waals surface area contributed by atoms with E-state index in [2.05, 4.69) is 0 Å². The molecule has 0 saturated heterocycles. The van der Waals surface area contributed by atoms with Crippen LogP contribution >= 0.6 is 11.6 Å². The van der Waals surface area contributed by atoms with Crippen molar-refractivity contribution in [3.63, 3.8) is 0 Å². The number of nitro groups is 1. The number of benzene rings is 1. The van der Waals surface area contributed by atoms with Gasteiger partial charge in [0.25, 0.3) is 5.69 Å². The summed E-state index contributed by atoms with van der Waals surface area (Å²) >= 11 is 6.04. The van der Waals surface area contributed by atoms with E-state index >= 15 is 0 Å². The zero-order valence-corrected chi connectivity index (χ0v) is 9.40. The standard InChI is InChI=1S/C10H12ClNO2/c1-5-7(3)10(12(13)14)8(4)6(2)9(5)11/h1-4H3. The molecule has 0 amide bonds. The maximum Gasteiger partial charge on any atom is 0.275 e. The maximum atomic E-state index is 10.8. The molecule has 0 spiro atoms. The zero-order chi connectivity index (χ0) is 11.0. The monoisotopic (exact) mass is 213 g/mol. The van der Waals surface area contributed by atoms with Crippen LogP contribution in [0.5, 0.6) is 0 Å². The lowest BCUT2D eigenvalue weighted by Crippen LogP contribution is -2.00. The van der Waals surface area contributed by atoms with E-state index in [1.54, 1.807) is 27.7 Å². The minimum Gasteiger partial charge on any atom is -0.258 e. The average Bonchev–Trinajstić information content (AvgIpc) is 2.11. The first-order valence-electron chi connectivity index (χ1n) is 4.28. The Bertz CT molecular complexity index is 384. The molecule has 0 radical (unpaired) electrons. The fraction of sp³-hybridized carbons (Fsp3) is 0.400. The first kappa shape index (κ1) is 11.0. The molecule has 76 valence electrons. The summed E-state index contributed by atoms with van der Waals surface area (Å²) in [5, 5.41) is 11.5. The van der Waals surface area contributed by atoms with Gasteiger partial charge in [0.15, 0.2) is 0 Å². The van der Waals surface area contributed by atoms with Gasteiger partial charge in [0, 0.05) is 16.1 Å². The van der Waals surface area contributed by atoms with Gasteiger partial charge in [0.05, 0.1) is 4.92 Å². The Balaban J connectivity index is 3.68. The van der Waals surface area contributed by atoms with Gasteiger partial charge in [0.2, 0.25) is 0 Å². The quantitative estimate of drug-likeness (QED) is 0.530. The van der Waals surface area contributed by atoms with Crippen molar-refractivity contribution in [2.24, 2.45) is 0 Å². The van der Waals surface area contributed by atoms with E-state index in [1.807, 2.05) is 0 Å². The summed E-state index contributed by atoms with van der Waals surface area (Å²) in [4.78, 5) is 10.5. The van der Waals surface area contributed by atoms with E-state index in [4.69, 9.17) is 11.6 Å². The van der Waals surface area contributed by atoms with E-state index < -0.39 is 0 Å². The van der Waals surface area contributed by atoms with Crippen LogP contribution in [0.1, 0.15) is 22.3 Å². The van der Waals surface area contributed by atoms with Gasteiger partial charge in [-0.1, -0.05) is 11.6 Å². The number of hydrogen-bond donors (Lipinski definition) is 0. The van der Waals surface area contributed by atoms with Gasteiger partial charge < -0.3 is 0 Å². The molecule has 14 heavy (non-hydrogen) atoms. The number of halogens is 1. The molecular formula is C10H12ClNO2. The second kappa shape index (κ2) is 3.58. The van der Waals surface area contributed by atoms with Crippen molar-refractivity contribution in [1.82, 2.24) is 0 Å². The van der Waals surface area contributed by atoms with Crippen LogP contribution in [0.2, 0.25) is 5.02 Å². The Kier molecular flexibility index (Phi) is 2.81. The summed E-state index contributed by atoms with van der Waals surface area (Å²) in [6.45, 7) is 7.06. The zero-order valence-electron chi connectivity index (χ0n) is 8.64. The fourth-order valence-electron chi connectivity index (χ4n) is 1.52. The van der Waals surface area contributed by atoms with Crippen molar-refractivity contribution in [2.75, 3.05) is 0 Å². The molecule has 0 aliphatic carbocycles. The van der Waals surface area contributed by atoms with Crippen LogP contribution in [0.15, 0.2) is 0 Å². The molecule has 0 atom stereocenters. The van der Waals surface area contributed by atoms with Gasteiger partial charge in [0.1, 0.15) is 0 Å². The van der Waals surface area contributed by atoms with Gasteiger partial charge in [-0.2, -0.15) is 0 Å². The minimum atomic E-state index is -0.346. The second-order valence-electron chi connectivity index (χ2n) is 3.42. The number of nitrogens with zero attached hydrogens (tertiary/aromatic N) is 1. The van der Waals surface area contributed by atoms with Crippen molar-refractivity contribution < 1.29 is 4.92 Å². The number of hydrogen-bond acceptors (Lipinski definition) is 2. The normalized spacial score (nSPS) is 10.4. The summed E-state index contributed by atoms with van der Waals surface area (Å²) in [5.41, 5.74) is 3.08. The largest absolute Gasteiger partial charge is 0.275 e. The Morgan fingerprint density at radius 3 is 1.64 bits per heavy atom. The van der Waals surface area contributed by atoms with Crippen LogP contribution < -0.4 is 0 Å². The van der Waals surface area contributed by atoms with Crippen molar-refractivity contribution >= 4 is 17.3 Å². The molecule has 0 aliphatic rings. The Morgan fingerprint density at radius 1 is 1.00 bits per heavy atom. The summed E-state index contributed by atoms with van der Waals surface area (Å²) in [6.07, 6.45) is 0. The topological polar surface area (TPSA) is 43.1 Å². The molecule has 1 aromatic carbocycles.